The van der Waals surface area contributed by atoms with Crippen molar-refractivity contribution in [1.29, 1.82) is 0 Å². The summed E-state index contributed by atoms with van der Waals surface area (Å²) in [6.07, 6.45) is 4.90. The Hall–Kier alpha value is -1.33. The molecule has 1 aliphatic rings. The first kappa shape index (κ1) is 20.7. The van der Waals surface area contributed by atoms with Crippen LogP contribution >= 0.6 is 0 Å². The van der Waals surface area contributed by atoms with Crippen molar-refractivity contribution >= 4 is 6.09 Å². The summed E-state index contributed by atoms with van der Waals surface area (Å²) in [6, 6.07) is -0.0351. The van der Waals surface area contributed by atoms with E-state index < -0.39 is 11.3 Å². The lowest BCUT2D eigenvalue weighted by Gasteiger charge is -2.36. The van der Waals surface area contributed by atoms with Gasteiger partial charge < -0.3 is 14.2 Å². The van der Waals surface area contributed by atoms with Gasteiger partial charge in [-0.2, -0.15) is 0 Å². The van der Waals surface area contributed by atoms with Crippen LogP contribution in [0.15, 0.2) is 25.3 Å². The maximum Gasteiger partial charge on any atom is 0.412 e. The van der Waals surface area contributed by atoms with E-state index in [-0.39, 0.29) is 18.1 Å². The normalized spacial score (nSPS) is 21.4. The van der Waals surface area contributed by atoms with Crippen LogP contribution in [0, 0.1) is 5.92 Å². The minimum absolute atomic E-state index is 0.0351. The lowest BCUT2D eigenvalue weighted by atomic mass is 9.96. The van der Waals surface area contributed by atoms with Gasteiger partial charge in [0.2, 0.25) is 0 Å². The first-order chi connectivity index (χ1) is 11.1. The topological polar surface area (TPSA) is 48.0 Å². The van der Waals surface area contributed by atoms with Crippen LogP contribution in [-0.2, 0) is 14.2 Å². The maximum absolute atomic E-state index is 12.6. The second kappa shape index (κ2) is 8.67. The predicted molar refractivity (Wildman–Crippen MR) is 95.8 cm³/mol. The lowest BCUT2D eigenvalue weighted by molar-refractivity contribution is -0.0634. The Bertz CT molecular complexity index is 439. The average molecular weight is 339 g/mol. The van der Waals surface area contributed by atoms with E-state index in [1.807, 2.05) is 40.7 Å². The number of hydrogen-bond acceptors (Lipinski definition) is 4. The van der Waals surface area contributed by atoms with E-state index in [9.17, 15) is 4.79 Å². The van der Waals surface area contributed by atoms with Crippen molar-refractivity contribution < 1.29 is 19.0 Å². The van der Waals surface area contributed by atoms with Gasteiger partial charge in [-0.15, -0.1) is 13.2 Å². The van der Waals surface area contributed by atoms with Gasteiger partial charge in [0.1, 0.15) is 11.3 Å². The van der Waals surface area contributed by atoms with E-state index >= 15 is 0 Å². The minimum Gasteiger partial charge on any atom is -0.444 e. The molecule has 1 rings (SSSR count). The molecule has 2 atom stereocenters. The highest BCUT2D eigenvalue weighted by atomic mass is 16.6. The molecule has 0 spiro atoms. The second-order valence-corrected chi connectivity index (χ2v) is 7.71. The van der Waals surface area contributed by atoms with Crippen LogP contribution in [-0.4, -0.2) is 48.2 Å². The van der Waals surface area contributed by atoms with Gasteiger partial charge in [0.15, 0.2) is 0 Å². The van der Waals surface area contributed by atoms with E-state index in [0.717, 1.165) is 12.8 Å². The number of carbonyl (C=O) groups excluding carboxylic acids is 1. The molecule has 5 heteroatoms. The summed E-state index contributed by atoms with van der Waals surface area (Å²) >= 11 is 0. The summed E-state index contributed by atoms with van der Waals surface area (Å²) in [5.74, 6) is 0.273. The van der Waals surface area contributed by atoms with Gasteiger partial charge in [0.25, 0.3) is 0 Å². The molecule has 1 fully saturated rings. The summed E-state index contributed by atoms with van der Waals surface area (Å²) in [4.78, 5) is 14.4. The quantitative estimate of drug-likeness (QED) is 0.492. The summed E-state index contributed by atoms with van der Waals surface area (Å²) in [6.45, 7) is 18.5. The third-order valence-electron chi connectivity index (χ3n) is 3.86. The van der Waals surface area contributed by atoms with Crippen molar-refractivity contribution in [3.8, 4) is 0 Å². The molecule has 0 aromatic heterocycles. The molecule has 1 unspecified atom stereocenters. The molecule has 1 heterocycles. The maximum atomic E-state index is 12.6. The third kappa shape index (κ3) is 6.29. The van der Waals surface area contributed by atoms with Crippen LogP contribution < -0.4 is 0 Å². The SMILES string of the molecule is C=CCOC[C@H](CC=C)CC1COC(C)(C)N1C(=O)OC(C)(C)C. The highest BCUT2D eigenvalue weighted by Gasteiger charge is 2.46. The molecule has 0 aromatic rings. The van der Waals surface area contributed by atoms with Gasteiger partial charge in [0.05, 0.1) is 25.9 Å². The van der Waals surface area contributed by atoms with Gasteiger partial charge in [-0.05, 0) is 53.4 Å². The summed E-state index contributed by atoms with van der Waals surface area (Å²) in [5, 5.41) is 0. The van der Waals surface area contributed by atoms with E-state index in [1.54, 1.807) is 11.0 Å². The van der Waals surface area contributed by atoms with Crippen molar-refractivity contribution in [2.24, 2.45) is 5.92 Å². The van der Waals surface area contributed by atoms with Crippen molar-refractivity contribution in [2.45, 2.75) is 64.8 Å². The molecule has 0 N–H and O–H groups in total. The molecule has 1 amide bonds. The van der Waals surface area contributed by atoms with Crippen molar-refractivity contribution in [2.75, 3.05) is 19.8 Å². The lowest BCUT2D eigenvalue weighted by Crippen LogP contribution is -2.50. The van der Waals surface area contributed by atoms with Crippen molar-refractivity contribution in [3.63, 3.8) is 0 Å². The third-order valence-corrected chi connectivity index (χ3v) is 3.86. The van der Waals surface area contributed by atoms with E-state index in [2.05, 4.69) is 13.2 Å². The van der Waals surface area contributed by atoms with Gasteiger partial charge >= 0.3 is 6.09 Å². The molecule has 24 heavy (non-hydrogen) atoms. The molecule has 1 saturated heterocycles. The van der Waals surface area contributed by atoms with Gasteiger partial charge in [-0.1, -0.05) is 12.2 Å². The molecule has 1 aliphatic heterocycles. The number of nitrogens with zero attached hydrogens (tertiary/aromatic N) is 1. The largest absolute Gasteiger partial charge is 0.444 e. The number of rotatable bonds is 8. The molecule has 5 nitrogen and oxygen atoms in total. The standard InChI is InChI=1S/C19H33NO4/c1-8-10-15(13-22-11-9-2)12-16-14-23-19(6,7)20(16)17(21)24-18(3,4)5/h8-9,15-16H,1-2,10-14H2,3-7H3/t15-,16?/m1/s1. The van der Waals surface area contributed by atoms with Crippen LogP contribution in [0.25, 0.3) is 0 Å². The molecular weight excluding hydrogens is 306 g/mol. The average Bonchev–Trinajstić information content (AvgIpc) is 2.72. The second-order valence-electron chi connectivity index (χ2n) is 7.71. The Kier molecular flexibility index (Phi) is 7.49. The fourth-order valence-electron chi connectivity index (χ4n) is 2.91. The molecule has 138 valence electrons. The van der Waals surface area contributed by atoms with Crippen LogP contribution in [0.4, 0.5) is 4.79 Å². The Morgan fingerprint density at radius 2 is 2.04 bits per heavy atom. The zero-order valence-electron chi connectivity index (χ0n) is 15.8. The number of allylic oxidation sites excluding steroid dienone is 1. The minimum atomic E-state index is -0.673. The predicted octanol–water partition coefficient (Wildman–Crippen LogP) is 4.14. The van der Waals surface area contributed by atoms with Crippen molar-refractivity contribution in [3.05, 3.63) is 25.3 Å². The van der Waals surface area contributed by atoms with Gasteiger partial charge in [0, 0.05) is 0 Å². The van der Waals surface area contributed by atoms with Crippen LogP contribution in [0.2, 0.25) is 0 Å². The number of hydrogen-bond donors (Lipinski definition) is 0. The monoisotopic (exact) mass is 339 g/mol. The van der Waals surface area contributed by atoms with E-state index in [0.29, 0.717) is 19.8 Å². The van der Waals surface area contributed by atoms with Gasteiger partial charge in [-0.25, -0.2) is 4.79 Å². The van der Waals surface area contributed by atoms with Crippen LogP contribution in [0.1, 0.15) is 47.5 Å². The molecule has 0 radical (unpaired) electrons. The first-order valence-corrected chi connectivity index (χ1v) is 8.56. The highest BCUT2D eigenvalue weighted by molar-refractivity contribution is 5.69. The Balaban J connectivity index is 2.80. The van der Waals surface area contributed by atoms with E-state index in [1.165, 1.54) is 0 Å². The Morgan fingerprint density at radius 1 is 1.38 bits per heavy atom. The summed E-state index contributed by atoms with van der Waals surface area (Å²) < 4.78 is 17.0. The molecular formula is C19H33NO4. The van der Waals surface area contributed by atoms with Crippen LogP contribution in [0.5, 0.6) is 0 Å². The number of ether oxygens (including phenoxy) is 3. The van der Waals surface area contributed by atoms with Gasteiger partial charge in [-0.3, -0.25) is 4.90 Å². The Morgan fingerprint density at radius 3 is 2.58 bits per heavy atom. The smallest absolute Gasteiger partial charge is 0.412 e. The molecule has 0 bridgehead atoms. The summed E-state index contributed by atoms with van der Waals surface area (Å²) in [7, 11) is 0. The summed E-state index contributed by atoms with van der Waals surface area (Å²) in [5.41, 5.74) is -1.21. The molecule has 0 saturated carbocycles. The zero-order chi connectivity index (χ0) is 18.4. The number of carbonyl (C=O) groups is 1. The fourth-order valence-corrected chi connectivity index (χ4v) is 2.91. The van der Waals surface area contributed by atoms with E-state index in [4.69, 9.17) is 14.2 Å². The molecule has 0 aliphatic carbocycles. The van der Waals surface area contributed by atoms with Crippen LogP contribution in [0.3, 0.4) is 0 Å². The Labute approximate surface area is 146 Å². The number of amides is 1. The molecule has 0 aromatic carbocycles. The first-order valence-electron chi connectivity index (χ1n) is 8.56. The highest BCUT2D eigenvalue weighted by Crippen LogP contribution is 2.33. The van der Waals surface area contributed by atoms with Crippen molar-refractivity contribution in [1.82, 2.24) is 4.90 Å². The fraction of sp³-hybridized carbons (Fsp3) is 0.737. The zero-order valence-corrected chi connectivity index (χ0v) is 15.8.